The number of aryl methyl sites for hydroxylation is 1. The van der Waals surface area contributed by atoms with Gasteiger partial charge in [-0.05, 0) is 68.9 Å². The molecule has 1 aliphatic carbocycles. The van der Waals surface area contributed by atoms with E-state index in [-0.39, 0.29) is 17.6 Å². The number of hydrogen-bond acceptors (Lipinski definition) is 6. The Kier molecular flexibility index (Phi) is 7.80. The number of hydrogen-bond donors (Lipinski definition) is 2. The third-order valence-electron chi connectivity index (χ3n) is 5.25. The third kappa shape index (κ3) is 5.62. The first kappa shape index (κ1) is 23.7. The van der Waals surface area contributed by atoms with Gasteiger partial charge in [0.15, 0.2) is 6.10 Å². The number of amides is 2. The lowest BCUT2D eigenvalue weighted by Gasteiger charge is -2.16. The summed E-state index contributed by atoms with van der Waals surface area (Å²) in [5.74, 6) is -1.27. The monoisotopic (exact) mass is 456 g/mol. The molecule has 2 aromatic rings. The van der Waals surface area contributed by atoms with Gasteiger partial charge in [0.25, 0.3) is 0 Å². The minimum Gasteiger partial charge on any atom is -0.451 e. The van der Waals surface area contributed by atoms with Crippen LogP contribution in [0.4, 0.5) is 10.7 Å². The molecule has 3 rings (SSSR count). The van der Waals surface area contributed by atoms with Crippen molar-refractivity contribution in [2.24, 2.45) is 0 Å². The van der Waals surface area contributed by atoms with E-state index in [4.69, 9.17) is 4.74 Å². The van der Waals surface area contributed by atoms with Crippen LogP contribution in [0, 0.1) is 0 Å². The van der Waals surface area contributed by atoms with E-state index in [2.05, 4.69) is 10.6 Å². The van der Waals surface area contributed by atoms with Gasteiger partial charge in [-0.1, -0.05) is 6.92 Å². The molecular weight excluding hydrogens is 428 g/mol. The minimum absolute atomic E-state index is 0.0806. The molecule has 0 aliphatic heterocycles. The van der Waals surface area contributed by atoms with Crippen molar-refractivity contribution in [3.05, 3.63) is 45.8 Å². The molecule has 1 aliphatic rings. The number of fused-ring (bicyclic) bond motifs is 1. The van der Waals surface area contributed by atoms with E-state index in [0.717, 1.165) is 42.5 Å². The van der Waals surface area contributed by atoms with Crippen LogP contribution in [0.2, 0.25) is 0 Å². The Morgan fingerprint density at radius 2 is 1.75 bits per heavy atom. The van der Waals surface area contributed by atoms with Crippen molar-refractivity contribution in [2.75, 3.05) is 10.6 Å². The van der Waals surface area contributed by atoms with Crippen LogP contribution in [0.1, 0.15) is 77.6 Å². The van der Waals surface area contributed by atoms with E-state index in [1.54, 1.807) is 24.3 Å². The number of ether oxygens (including phenoxy) is 1. The van der Waals surface area contributed by atoms with Crippen LogP contribution in [-0.2, 0) is 27.2 Å². The van der Waals surface area contributed by atoms with Crippen molar-refractivity contribution in [3.8, 4) is 0 Å². The maximum absolute atomic E-state index is 13.0. The van der Waals surface area contributed by atoms with Crippen LogP contribution < -0.4 is 10.6 Å². The molecule has 0 unspecified atom stereocenters. The average molecular weight is 457 g/mol. The second kappa shape index (κ2) is 10.5. The smallest absolute Gasteiger partial charge is 0.342 e. The summed E-state index contributed by atoms with van der Waals surface area (Å²) in [4.78, 5) is 50.2. The molecule has 7 nitrogen and oxygen atoms in total. The molecule has 1 aromatic carbocycles. The van der Waals surface area contributed by atoms with Crippen molar-refractivity contribution in [2.45, 2.75) is 65.4 Å². The van der Waals surface area contributed by atoms with Gasteiger partial charge in [-0.3, -0.25) is 14.4 Å². The summed E-state index contributed by atoms with van der Waals surface area (Å²) in [6, 6.07) is 6.51. The van der Waals surface area contributed by atoms with Crippen molar-refractivity contribution >= 4 is 45.6 Å². The van der Waals surface area contributed by atoms with Gasteiger partial charge in [-0.15, -0.1) is 11.3 Å². The van der Waals surface area contributed by atoms with Gasteiger partial charge in [0.1, 0.15) is 5.00 Å². The molecule has 170 valence electrons. The summed E-state index contributed by atoms with van der Waals surface area (Å²) < 4.78 is 5.52. The van der Waals surface area contributed by atoms with Gasteiger partial charge in [0, 0.05) is 29.5 Å². The molecule has 0 radical (unpaired) electrons. The first-order chi connectivity index (χ1) is 15.3. The van der Waals surface area contributed by atoms with E-state index in [1.807, 2.05) is 6.92 Å². The SMILES string of the molecule is CCCC(=O)Nc1ccc(C(=O)[C@@H](C)OC(=O)c2c(NC(C)=O)sc3c2CCCC3)cc1. The minimum atomic E-state index is -0.993. The average Bonchev–Trinajstić information content (AvgIpc) is 3.11. The van der Waals surface area contributed by atoms with Crippen LogP contribution in [-0.4, -0.2) is 29.7 Å². The van der Waals surface area contributed by atoms with Crippen LogP contribution in [0.15, 0.2) is 24.3 Å². The number of carbonyl (C=O) groups excluding carboxylic acids is 4. The zero-order valence-corrected chi connectivity index (χ0v) is 19.4. The molecule has 0 bridgehead atoms. The number of benzene rings is 1. The number of thiophene rings is 1. The van der Waals surface area contributed by atoms with Crippen molar-refractivity contribution in [1.82, 2.24) is 0 Å². The quantitative estimate of drug-likeness (QED) is 0.441. The van der Waals surface area contributed by atoms with Crippen molar-refractivity contribution in [3.63, 3.8) is 0 Å². The van der Waals surface area contributed by atoms with Gasteiger partial charge in [0.05, 0.1) is 5.56 Å². The maximum atomic E-state index is 13.0. The Morgan fingerprint density at radius 3 is 2.41 bits per heavy atom. The normalized spacial score (nSPS) is 13.6. The lowest BCUT2D eigenvalue weighted by Crippen LogP contribution is -2.25. The Hall–Kier alpha value is -3.00. The van der Waals surface area contributed by atoms with Crippen molar-refractivity contribution < 1.29 is 23.9 Å². The van der Waals surface area contributed by atoms with Gasteiger partial charge < -0.3 is 15.4 Å². The van der Waals surface area contributed by atoms with Gasteiger partial charge in [0.2, 0.25) is 17.6 Å². The van der Waals surface area contributed by atoms with Gasteiger partial charge >= 0.3 is 5.97 Å². The Labute approximate surface area is 191 Å². The first-order valence-electron chi connectivity index (χ1n) is 10.9. The number of rotatable bonds is 8. The van der Waals surface area contributed by atoms with Crippen molar-refractivity contribution in [1.29, 1.82) is 0 Å². The van der Waals surface area contributed by atoms with Crippen LogP contribution in [0.5, 0.6) is 0 Å². The number of esters is 1. The second-order valence-corrected chi connectivity index (χ2v) is 8.99. The molecule has 1 atom stereocenters. The highest BCUT2D eigenvalue weighted by Crippen LogP contribution is 2.38. The number of ketones is 1. The Morgan fingerprint density at radius 1 is 1.06 bits per heavy atom. The summed E-state index contributed by atoms with van der Waals surface area (Å²) in [5, 5.41) is 5.99. The van der Waals surface area contributed by atoms with E-state index >= 15 is 0 Å². The van der Waals surface area contributed by atoms with Gasteiger partial charge in [-0.25, -0.2) is 4.79 Å². The molecule has 1 aromatic heterocycles. The second-order valence-electron chi connectivity index (χ2n) is 7.88. The summed E-state index contributed by atoms with van der Waals surface area (Å²) in [6.45, 7) is 4.86. The summed E-state index contributed by atoms with van der Waals surface area (Å²) in [7, 11) is 0. The van der Waals surface area contributed by atoms with Crippen LogP contribution >= 0.6 is 11.3 Å². The standard InChI is InChI=1S/C24H28N2O5S/c1-4-7-20(28)26-17-12-10-16(11-13-17)22(29)14(2)31-24(30)21-18-8-5-6-9-19(18)32-23(21)25-15(3)27/h10-14H,4-9H2,1-3H3,(H,25,27)(H,26,28)/t14-/m1/s1. The van der Waals surface area contributed by atoms with Gasteiger partial charge in [-0.2, -0.15) is 0 Å². The number of nitrogens with one attached hydrogen (secondary N) is 2. The predicted molar refractivity (Wildman–Crippen MR) is 124 cm³/mol. The highest BCUT2D eigenvalue weighted by Gasteiger charge is 2.29. The topological polar surface area (TPSA) is 102 Å². The van der Waals surface area contributed by atoms with Crippen LogP contribution in [0.3, 0.4) is 0 Å². The fourth-order valence-corrected chi connectivity index (χ4v) is 5.03. The Balaban J connectivity index is 1.71. The highest BCUT2D eigenvalue weighted by molar-refractivity contribution is 7.17. The number of Topliss-reactive ketones (excluding diaryl/α,β-unsaturated/α-hetero) is 1. The molecule has 0 spiro atoms. The molecule has 0 fully saturated rings. The molecule has 2 N–H and O–H groups in total. The van der Waals surface area contributed by atoms with E-state index < -0.39 is 12.1 Å². The number of carbonyl (C=O) groups is 4. The fourth-order valence-electron chi connectivity index (χ4n) is 3.71. The predicted octanol–water partition coefficient (Wildman–Crippen LogP) is 4.75. The number of anilines is 2. The molecule has 0 saturated carbocycles. The highest BCUT2D eigenvalue weighted by atomic mass is 32.1. The van der Waals surface area contributed by atoms with E-state index in [1.165, 1.54) is 25.2 Å². The maximum Gasteiger partial charge on any atom is 0.342 e. The largest absolute Gasteiger partial charge is 0.451 e. The Bertz CT molecular complexity index is 1030. The molecule has 32 heavy (non-hydrogen) atoms. The first-order valence-corrected chi connectivity index (χ1v) is 11.7. The molecular formula is C24H28N2O5S. The van der Waals surface area contributed by atoms with E-state index in [0.29, 0.717) is 28.2 Å². The molecule has 8 heteroatoms. The summed E-state index contributed by atoms with van der Waals surface area (Å²) in [6.07, 6.45) is 3.83. The zero-order chi connectivity index (χ0) is 23.3. The summed E-state index contributed by atoms with van der Waals surface area (Å²) >= 11 is 1.41. The molecule has 0 saturated heterocycles. The lowest BCUT2D eigenvalue weighted by atomic mass is 9.95. The fraction of sp³-hybridized carbons (Fsp3) is 0.417. The third-order valence-corrected chi connectivity index (χ3v) is 6.46. The molecule has 1 heterocycles. The molecule has 2 amide bonds. The zero-order valence-electron chi connectivity index (χ0n) is 18.6. The van der Waals surface area contributed by atoms with E-state index in [9.17, 15) is 19.2 Å². The summed E-state index contributed by atoms with van der Waals surface area (Å²) in [5.41, 5.74) is 2.28. The lowest BCUT2D eigenvalue weighted by molar-refractivity contribution is -0.116. The van der Waals surface area contributed by atoms with Crippen LogP contribution in [0.25, 0.3) is 0 Å².